The molecule has 2 rings (SSSR count). The minimum atomic E-state index is -3.60. The number of carboxylic acids is 1. The highest BCUT2D eigenvalue weighted by Crippen LogP contribution is 2.19. The highest BCUT2D eigenvalue weighted by atomic mass is 32.2. The zero-order valence-corrected chi connectivity index (χ0v) is 15.3. The van der Waals surface area contributed by atoms with Crippen LogP contribution in [0.5, 0.6) is 0 Å². The number of piperidine rings is 1. The van der Waals surface area contributed by atoms with Gasteiger partial charge in [-0.1, -0.05) is 13.8 Å². The summed E-state index contributed by atoms with van der Waals surface area (Å²) in [5.41, 5.74) is 0.355. The highest BCUT2D eigenvalue weighted by molar-refractivity contribution is 7.89. The van der Waals surface area contributed by atoms with Gasteiger partial charge in [-0.15, -0.1) is 0 Å². The van der Waals surface area contributed by atoms with Gasteiger partial charge in [0.25, 0.3) is 5.91 Å². The van der Waals surface area contributed by atoms with Crippen molar-refractivity contribution in [3.05, 3.63) is 29.8 Å². The lowest BCUT2D eigenvalue weighted by molar-refractivity contribution is -0.143. The van der Waals surface area contributed by atoms with Gasteiger partial charge < -0.3 is 10.0 Å². The lowest BCUT2D eigenvalue weighted by Gasteiger charge is -2.30. The predicted octanol–water partition coefficient (Wildman–Crippen LogP) is 1.56. The summed E-state index contributed by atoms with van der Waals surface area (Å²) in [5.74, 6) is -1.52. The molecule has 1 fully saturated rings. The lowest BCUT2D eigenvalue weighted by Crippen LogP contribution is -2.42. The van der Waals surface area contributed by atoms with E-state index < -0.39 is 21.9 Å². The van der Waals surface area contributed by atoms with Gasteiger partial charge in [0.15, 0.2) is 0 Å². The van der Waals surface area contributed by atoms with E-state index in [2.05, 4.69) is 4.72 Å². The second kappa shape index (κ2) is 7.97. The number of carboxylic acid groups (broad SMARTS) is 1. The SMILES string of the molecule is CC(C)CNS(=O)(=O)c1ccc(C(=O)N2CCCC(C(=O)O)C2)cc1. The lowest BCUT2D eigenvalue weighted by atomic mass is 9.97. The first kappa shape index (κ1) is 19.4. The van der Waals surface area contributed by atoms with Crippen molar-refractivity contribution in [2.45, 2.75) is 31.6 Å². The fourth-order valence-corrected chi connectivity index (χ4v) is 3.90. The minimum absolute atomic E-state index is 0.103. The molecule has 2 N–H and O–H groups in total. The molecular weight excluding hydrogens is 344 g/mol. The van der Waals surface area contributed by atoms with Gasteiger partial charge in [0.05, 0.1) is 10.8 Å². The first-order valence-corrected chi connectivity index (χ1v) is 9.81. The first-order valence-electron chi connectivity index (χ1n) is 8.32. The van der Waals surface area contributed by atoms with Crippen molar-refractivity contribution in [1.82, 2.24) is 9.62 Å². The number of amides is 1. The summed E-state index contributed by atoms with van der Waals surface area (Å²) >= 11 is 0. The van der Waals surface area contributed by atoms with Crippen molar-refractivity contribution in [1.29, 1.82) is 0 Å². The summed E-state index contributed by atoms with van der Waals surface area (Å²) in [6.45, 7) is 4.86. The molecule has 0 aliphatic carbocycles. The van der Waals surface area contributed by atoms with E-state index >= 15 is 0 Å². The van der Waals surface area contributed by atoms with E-state index in [0.717, 1.165) is 0 Å². The number of rotatable bonds is 6. The monoisotopic (exact) mass is 368 g/mol. The normalized spacial score (nSPS) is 18.4. The molecule has 0 bridgehead atoms. The van der Waals surface area contributed by atoms with Crippen molar-refractivity contribution in [2.75, 3.05) is 19.6 Å². The molecule has 7 nitrogen and oxygen atoms in total. The summed E-state index contributed by atoms with van der Waals surface area (Å²) in [7, 11) is -3.60. The average molecular weight is 368 g/mol. The summed E-state index contributed by atoms with van der Waals surface area (Å²) < 4.78 is 26.8. The van der Waals surface area contributed by atoms with Crippen LogP contribution in [0.3, 0.4) is 0 Å². The Morgan fingerprint density at radius 1 is 1.28 bits per heavy atom. The maximum absolute atomic E-state index is 12.5. The maximum atomic E-state index is 12.5. The molecule has 0 saturated carbocycles. The Balaban J connectivity index is 2.08. The number of likely N-dealkylation sites (tertiary alicyclic amines) is 1. The Kier molecular flexibility index (Phi) is 6.18. The van der Waals surface area contributed by atoms with Gasteiger partial charge in [0, 0.05) is 25.2 Å². The summed E-state index contributed by atoms with van der Waals surface area (Å²) in [5, 5.41) is 9.11. The van der Waals surface area contributed by atoms with Crippen molar-refractivity contribution in [3.8, 4) is 0 Å². The van der Waals surface area contributed by atoms with E-state index in [1.165, 1.54) is 29.2 Å². The molecule has 1 heterocycles. The molecule has 1 saturated heterocycles. The molecule has 8 heteroatoms. The molecule has 1 aliphatic rings. The van der Waals surface area contributed by atoms with Crippen LogP contribution in [0.25, 0.3) is 0 Å². The summed E-state index contributed by atoms with van der Waals surface area (Å²) in [4.78, 5) is 25.2. The maximum Gasteiger partial charge on any atom is 0.308 e. The van der Waals surface area contributed by atoms with Crippen molar-refractivity contribution < 1.29 is 23.1 Å². The van der Waals surface area contributed by atoms with Crippen molar-refractivity contribution in [3.63, 3.8) is 0 Å². The van der Waals surface area contributed by atoms with Crippen molar-refractivity contribution >= 4 is 21.9 Å². The highest BCUT2D eigenvalue weighted by Gasteiger charge is 2.28. The van der Waals surface area contributed by atoms with Gasteiger partial charge in [0.2, 0.25) is 10.0 Å². The van der Waals surface area contributed by atoms with E-state index in [1.54, 1.807) is 0 Å². The molecule has 1 aliphatic heterocycles. The van der Waals surface area contributed by atoms with Gasteiger partial charge >= 0.3 is 5.97 Å². The van der Waals surface area contributed by atoms with Gasteiger partial charge in [0.1, 0.15) is 0 Å². The third-order valence-corrected chi connectivity index (χ3v) is 5.59. The van der Waals surface area contributed by atoms with Crippen LogP contribution in [0.2, 0.25) is 0 Å². The Labute approximate surface area is 148 Å². The molecular formula is C17H24N2O5S. The number of nitrogens with one attached hydrogen (secondary N) is 1. The molecule has 1 unspecified atom stereocenters. The Hall–Kier alpha value is -1.93. The smallest absolute Gasteiger partial charge is 0.308 e. The van der Waals surface area contributed by atoms with Crippen LogP contribution in [0.15, 0.2) is 29.2 Å². The summed E-state index contributed by atoms with van der Waals surface area (Å²) in [6.07, 6.45) is 1.21. The van der Waals surface area contributed by atoms with Crippen LogP contribution in [0, 0.1) is 11.8 Å². The molecule has 25 heavy (non-hydrogen) atoms. The van der Waals surface area contributed by atoms with Crippen LogP contribution in [0.1, 0.15) is 37.0 Å². The number of nitrogens with zero attached hydrogens (tertiary/aromatic N) is 1. The second-order valence-corrected chi connectivity index (χ2v) is 8.47. The fraction of sp³-hybridized carbons (Fsp3) is 0.529. The number of sulfonamides is 1. The van der Waals surface area contributed by atoms with Gasteiger partial charge in [-0.05, 0) is 43.0 Å². The molecule has 0 radical (unpaired) electrons. The number of benzene rings is 1. The van der Waals surface area contributed by atoms with Crippen LogP contribution in [0.4, 0.5) is 0 Å². The number of carbonyl (C=O) groups excluding carboxylic acids is 1. The first-order chi connectivity index (χ1) is 11.7. The van der Waals surface area contributed by atoms with Crippen molar-refractivity contribution in [2.24, 2.45) is 11.8 Å². The molecule has 1 aromatic carbocycles. The minimum Gasteiger partial charge on any atom is -0.481 e. The van der Waals surface area contributed by atoms with E-state index in [1.807, 2.05) is 13.8 Å². The van der Waals surface area contributed by atoms with Crippen LogP contribution in [-0.2, 0) is 14.8 Å². The van der Waals surface area contributed by atoms with Gasteiger partial charge in [-0.25, -0.2) is 13.1 Å². The fourth-order valence-electron chi connectivity index (χ4n) is 2.68. The number of aliphatic carboxylic acids is 1. The Bertz CT molecular complexity index is 728. The molecule has 138 valence electrons. The number of hydrogen-bond donors (Lipinski definition) is 2. The van der Waals surface area contributed by atoms with Gasteiger partial charge in [-0.3, -0.25) is 9.59 Å². The molecule has 1 amide bonds. The Morgan fingerprint density at radius 3 is 2.48 bits per heavy atom. The molecule has 0 spiro atoms. The largest absolute Gasteiger partial charge is 0.481 e. The van der Waals surface area contributed by atoms with Gasteiger partial charge in [-0.2, -0.15) is 0 Å². The molecule has 1 aromatic rings. The van der Waals surface area contributed by atoms with Crippen LogP contribution >= 0.6 is 0 Å². The zero-order valence-electron chi connectivity index (χ0n) is 14.4. The number of hydrogen-bond acceptors (Lipinski definition) is 4. The molecule has 0 aromatic heterocycles. The Morgan fingerprint density at radius 2 is 1.92 bits per heavy atom. The quantitative estimate of drug-likeness (QED) is 0.793. The predicted molar refractivity (Wildman–Crippen MR) is 92.7 cm³/mol. The zero-order chi connectivity index (χ0) is 18.6. The standard InChI is InChI=1S/C17H24N2O5S/c1-12(2)10-18-25(23,24)15-7-5-13(6-8-15)16(20)19-9-3-4-14(11-19)17(21)22/h5-8,12,14,18H,3-4,9-11H2,1-2H3,(H,21,22). The number of carbonyl (C=O) groups is 2. The third kappa shape index (κ3) is 5.02. The topological polar surface area (TPSA) is 104 Å². The average Bonchev–Trinajstić information content (AvgIpc) is 2.59. The second-order valence-electron chi connectivity index (χ2n) is 6.70. The van der Waals surface area contributed by atoms with E-state index in [0.29, 0.717) is 31.5 Å². The van der Waals surface area contributed by atoms with E-state index in [9.17, 15) is 18.0 Å². The van der Waals surface area contributed by atoms with E-state index in [-0.39, 0.29) is 23.3 Å². The third-order valence-electron chi connectivity index (χ3n) is 4.15. The summed E-state index contributed by atoms with van der Waals surface area (Å²) in [6, 6.07) is 5.73. The van der Waals surface area contributed by atoms with E-state index in [4.69, 9.17) is 5.11 Å². The van der Waals surface area contributed by atoms with Crippen LogP contribution in [-0.4, -0.2) is 49.9 Å². The van der Waals surface area contributed by atoms with Crippen LogP contribution < -0.4 is 4.72 Å². The molecule has 1 atom stereocenters.